The lowest BCUT2D eigenvalue weighted by molar-refractivity contribution is -0.128. The molecule has 0 radical (unpaired) electrons. The topological polar surface area (TPSA) is 70.2 Å². The van der Waals surface area contributed by atoms with Gasteiger partial charge in [-0.25, -0.2) is 0 Å². The van der Waals surface area contributed by atoms with Crippen molar-refractivity contribution >= 4 is 22.8 Å². The summed E-state index contributed by atoms with van der Waals surface area (Å²) < 4.78 is 0. The Hall–Kier alpha value is -0.710. The second-order valence-corrected chi connectivity index (χ2v) is 4.76. The molecule has 0 atom stereocenters. The van der Waals surface area contributed by atoms with Gasteiger partial charge in [-0.3, -0.25) is 10.2 Å². The van der Waals surface area contributed by atoms with Gasteiger partial charge in [0, 0.05) is 13.1 Å². The zero-order valence-corrected chi connectivity index (χ0v) is 11.1. The molecular formula is C11H23N3OS. The highest BCUT2D eigenvalue weighted by atomic mass is 32.2. The van der Waals surface area contributed by atoms with Gasteiger partial charge in [-0.2, -0.15) is 0 Å². The van der Waals surface area contributed by atoms with Gasteiger partial charge in [0.15, 0.2) is 5.17 Å². The summed E-state index contributed by atoms with van der Waals surface area (Å²) in [6.45, 7) is 5.89. The molecule has 4 nitrogen and oxygen atoms in total. The number of nitrogens with zero attached hydrogens (tertiary/aromatic N) is 1. The van der Waals surface area contributed by atoms with Crippen LogP contribution < -0.4 is 5.73 Å². The van der Waals surface area contributed by atoms with E-state index in [1.807, 2.05) is 4.90 Å². The van der Waals surface area contributed by atoms with Gasteiger partial charge in [0.05, 0.1) is 5.75 Å². The Kier molecular flexibility index (Phi) is 9.09. The van der Waals surface area contributed by atoms with Crippen LogP contribution in [0.15, 0.2) is 0 Å². The van der Waals surface area contributed by atoms with Gasteiger partial charge in [-0.1, -0.05) is 38.5 Å². The molecule has 0 saturated heterocycles. The number of nitrogens with one attached hydrogen (secondary N) is 1. The number of nitrogens with two attached hydrogens (primary N) is 1. The van der Waals surface area contributed by atoms with Crippen molar-refractivity contribution in [2.45, 2.75) is 39.5 Å². The number of rotatable bonds is 8. The summed E-state index contributed by atoms with van der Waals surface area (Å²) in [4.78, 5) is 13.7. The Balaban J connectivity index is 4.03. The molecule has 0 aliphatic carbocycles. The van der Waals surface area contributed by atoms with Crippen molar-refractivity contribution in [1.82, 2.24) is 4.90 Å². The number of hydrogen-bond donors (Lipinski definition) is 2. The minimum Gasteiger partial charge on any atom is -0.379 e. The van der Waals surface area contributed by atoms with E-state index in [1.54, 1.807) is 0 Å². The van der Waals surface area contributed by atoms with Crippen LogP contribution in [0.5, 0.6) is 0 Å². The lowest BCUT2D eigenvalue weighted by atomic mass is 10.2. The van der Waals surface area contributed by atoms with Crippen molar-refractivity contribution in [2.24, 2.45) is 5.73 Å². The molecule has 16 heavy (non-hydrogen) atoms. The van der Waals surface area contributed by atoms with E-state index in [2.05, 4.69) is 13.8 Å². The molecular weight excluding hydrogens is 222 g/mol. The summed E-state index contributed by atoms with van der Waals surface area (Å²) in [7, 11) is 0. The molecule has 0 heterocycles. The predicted molar refractivity (Wildman–Crippen MR) is 70.8 cm³/mol. The maximum absolute atomic E-state index is 11.8. The van der Waals surface area contributed by atoms with E-state index in [4.69, 9.17) is 11.1 Å². The minimum atomic E-state index is 0.0132. The largest absolute Gasteiger partial charge is 0.379 e. The Morgan fingerprint density at radius 3 is 2.12 bits per heavy atom. The van der Waals surface area contributed by atoms with Crippen LogP contribution in [0.25, 0.3) is 0 Å². The molecule has 0 bridgehead atoms. The summed E-state index contributed by atoms with van der Waals surface area (Å²) in [6, 6.07) is 0. The zero-order valence-electron chi connectivity index (χ0n) is 10.3. The molecule has 0 spiro atoms. The monoisotopic (exact) mass is 245 g/mol. The van der Waals surface area contributed by atoms with Crippen molar-refractivity contribution in [3.05, 3.63) is 0 Å². The fraction of sp³-hybridized carbons (Fsp3) is 0.818. The molecule has 0 aliphatic heterocycles. The first kappa shape index (κ1) is 15.3. The Labute approximate surface area is 102 Å². The zero-order chi connectivity index (χ0) is 12.4. The van der Waals surface area contributed by atoms with Crippen LogP contribution in [0.3, 0.4) is 0 Å². The number of thioether (sulfide) groups is 1. The quantitative estimate of drug-likeness (QED) is 0.508. The Bertz CT molecular complexity index is 213. The van der Waals surface area contributed by atoms with E-state index in [0.717, 1.165) is 50.5 Å². The number of unbranched alkanes of at least 4 members (excludes halogenated alkanes) is 2. The molecule has 0 aromatic heterocycles. The first-order chi connectivity index (χ1) is 7.61. The summed E-state index contributed by atoms with van der Waals surface area (Å²) >= 11 is 1.10. The number of carbonyl (C=O) groups is 1. The molecule has 0 fully saturated rings. The third-order valence-corrected chi connectivity index (χ3v) is 2.97. The highest BCUT2D eigenvalue weighted by molar-refractivity contribution is 8.14. The number of hydrogen-bond acceptors (Lipinski definition) is 3. The SMILES string of the molecule is CCCCN(CCCC)C(=O)CSC(=N)N. The van der Waals surface area contributed by atoms with Gasteiger partial charge in [-0.15, -0.1) is 0 Å². The van der Waals surface area contributed by atoms with Gasteiger partial charge >= 0.3 is 0 Å². The lowest BCUT2D eigenvalue weighted by Crippen LogP contribution is -2.34. The smallest absolute Gasteiger partial charge is 0.233 e. The number of amidine groups is 1. The highest BCUT2D eigenvalue weighted by Gasteiger charge is 2.12. The molecule has 1 amide bonds. The van der Waals surface area contributed by atoms with Crippen LogP contribution >= 0.6 is 11.8 Å². The summed E-state index contributed by atoms with van der Waals surface area (Å²) in [5.41, 5.74) is 5.22. The van der Waals surface area contributed by atoms with Crippen molar-refractivity contribution in [3.63, 3.8) is 0 Å². The van der Waals surface area contributed by atoms with Crippen LogP contribution in [0.4, 0.5) is 0 Å². The third kappa shape index (κ3) is 7.56. The van der Waals surface area contributed by atoms with E-state index in [9.17, 15) is 4.79 Å². The van der Waals surface area contributed by atoms with Crippen LogP contribution in [0, 0.1) is 5.41 Å². The first-order valence-corrected chi connectivity index (χ1v) is 6.85. The van der Waals surface area contributed by atoms with Gasteiger partial charge in [0.2, 0.25) is 5.91 Å². The minimum absolute atomic E-state index is 0.0132. The van der Waals surface area contributed by atoms with Gasteiger partial charge < -0.3 is 10.6 Å². The number of carbonyl (C=O) groups excluding carboxylic acids is 1. The molecule has 0 aromatic carbocycles. The summed E-state index contributed by atoms with van der Waals surface area (Å²) in [6.07, 6.45) is 4.27. The van der Waals surface area contributed by atoms with Crippen LogP contribution in [-0.4, -0.2) is 34.8 Å². The van der Waals surface area contributed by atoms with Gasteiger partial charge in [-0.05, 0) is 12.8 Å². The van der Waals surface area contributed by atoms with E-state index < -0.39 is 0 Å². The molecule has 0 aliphatic rings. The standard InChI is InChI=1S/C11H23N3OS/c1-3-5-7-14(8-6-4-2)10(15)9-16-11(12)13/h3-9H2,1-2H3,(H3,12,13). The predicted octanol–water partition coefficient (Wildman–Crippen LogP) is 2.04. The maximum Gasteiger partial charge on any atom is 0.233 e. The molecule has 3 N–H and O–H groups in total. The second-order valence-electron chi connectivity index (χ2n) is 3.74. The average molecular weight is 245 g/mol. The van der Waals surface area contributed by atoms with E-state index in [1.165, 1.54) is 0 Å². The van der Waals surface area contributed by atoms with Crippen LogP contribution in [0.2, 0.25) is 0 Å². The second kappa shape index (κ2) is 9.51. The van der Waals surface area contributed by atoms with Crippen molar-refractivity contribution < 1.29 is 4.79 Å². The molecule has 94 valence electrons. The molecule has 0 rings (SSSR count). The lowest BCUT2D eigenvalue weighted by Gasteiger charge is -2.22. The fourth-order valence-electron chi connectivity index (χ4n) is 1.29. The highest BCUT2D eigenvalue weighted by Crippen LogP contribution is 2.05. The van der Waals surface area contributed by atoms with Crippen LogP contribution in [0.1, 0.15) is 39.5 Å². The fourth-order valence-corrected chi connectivity index (χ4v) is 1.75. The van der Waals surface area contributed by atoms with Gasteiger partial charge in [0.1, 0.15) is 0 Å². The maximum atomic E-state index is 11.8. The van der Waals surface area contributed by atoms with Crippen molar-refractivity contribution in [2.75, 3.05) is 18.8 Å². The van der Waals surface area contributed by atoms with E-state index in [0.29, 0.717) is 5.75 Å². The van der Waals surface area contributed by atoms with Gasteiger partial charge in [0.25, 0.3) is 0 Å². The molecule has 0 saturated carbocycles. The third-order valence-electron chi connectivity index (χ3n) is 2.27. The molecule has 0 aromatic rings. The molecule has 5 heteroatoms. The summed E-state index contributed by atoms with van der Waals surface area (Å²) in [5, 5.41) is 7.09. The Morgan fingerprint density at radius 1 is 1.25 bits per heavy atom. The average Bonchev–Trinajstić information content (AvgIpc) is 2.26. The van der Waals surface area contributed by atoms with Crippen LogP contribution in [-0.2, 0) is 4.79 Å². The van der Waals surface area contributed by atoms with E-state index in [-0.39, 0.29) is 11.1 Å². The Morgan fingerprint density at radius 2 is 1.75 bits per heavy atom. The normalized spacial score (nSPS) is 10.1. The summed E-state index contributed by atoms with van der Waals surface area (Å²) in [5.74, 6) is 0.394. The van der Waals surface area contributed by atoms with Crippen molar-refractivity contribution in [3.8, 4) is 0 Å². The number of amides is 1. The van der Waals surface area contributed by atoms with E-state index >= 15 is 0 Å². The first-order valence-electron chi connectivity index (χ1n) is 5.86. The molecule has 0 unspecified atom stereocenters. The van der Waals surface area contributed by atoms with Crippen molar-refractivity contribution in [1.29, 1.82) is 5.41 Å².